The highest BCUT2D eigenvalue weighted by atomic mass is 32.2. The highest BCUT2D eigenvalue weighted by Gasteiger charge is 2.39. The number of carboxylic acids is 1. The van der Waals surface area contributed by atoms with Gasteiger partial charge in [0.25, 0.3) is 0 Å². The van der Waals surface area contributed by atoms with Gasteiger partial charge in [-0.15, -0.1) is 0 Å². The second-order valence-corrected chi connectivity index (χ2v) is 6.68. The minimum Gasteiger partial charge on any atom is -0.480 e. The molecule has 98 valence electrons. The number of hydrogen-bond donors (Lipinski definition) is 1. The first-order valence-electron chi connectivity index (χ1n) is 5.20. The lowest BCUT2D eigenvalue weighted by molar-refractivity contribution is -0.138. The standard InChI is InChI=1S/C10H18N2O4S/c1-5-8(6-11)17(15,16)12(7-9(13)14)10(2,3)4/h8H,5,7H2,1-4H3,(H,13,14). The molecule has 0 aromatic rings. The average Bonchev–Trinajstić information content (AvgIpc) is 2.13. The van der Waals surface area contributed by atoms with Gasteiger partial charge in [-0.3, -0.25) is 4.79 Å². The normalized spacial score (nSPS) is 14.4. The fourth-order valence-electron chi connectivity index (χ4n) is 1.35. The van der Waals surface area contributed by atoms with Crippen molar-refractivity contribution in [3.05, 3.63) is 0 Å². The van der Waals surface area contributed by atoms with Gasteiger partial charge in [0.15, 0.2) is 5.25 Å². The number of rotatable bonds is 5. The third-order valence-electron chi connectivity index (χ3n) is 2.21. The van der Waals surface area contributed by atoms with Crippen LogP contribution in [0.25, 0.3) is 0 Å². The summed E-state index contributed by atoms with van der Waals surface area (Å²) in [5.41, 5.74) is -0.874. The first-order chi connectivity index (χ1) is 7.57. The van der Waals surface area contributed by atoms with Crippen LogP contribution in [0.15, 0.2) is 0 Å². The van der Waals surface area contributed by atoms with Crippen LogP contribution in [0.4, 0.5) is 0 Å². The van der Waals surface area contributed by atoms with Crippen LogP contribution in [-0.2, 0) is 14.8 Å². The van der Waals surface area contributed by atoms with Crippen LogP contribution in [0.5, 0.6) is 0 Å². The number of nitrogens with zero attached hydrogens (tertiary/aromatic N) is 2. The molecule has 7 heteroatoms. The summed E-state index contributed by atoms with van der Waals surface area (Å²) >= 11 is 0. The van der Waals surface area contributed by atoms with Crippen molar-refractivity contribution < 1.29 is 18.3 Å². The molecule has 0 radical (unpaired) electrons. The Kier molecular flexibility index (Phi) is 5.11. The van der Waals surface area contributed by atoms with E-state index in [0.29, 0.717) is 0 Å². The van der Waals surface area contributed by atoms with Crippen molar-refractivity contribution in [1.29, 1.82) is 5.26 Å². The van der Waals surface area contributed by atoms with E-state index < -0.39 is 33.3 Å². The molecule has 1 N–H and O–H groups in total. The van der Waals surface area contributed by atoms with Crippen LogP contribution in [0.1, 0.15) is 34.1 Å². The van der Waals surface area contributed by atoms with Gasteiger partial charge in [0, 0.05) is 5.54 Å². The first kappa shape index (κ1) is 15.9. The zero-order valence-corrected chi connectivity index (χ0v) is 11.3. The third-order valence-corrected chi connectivity index (χ3v) is 4.66. The molecule has 1 unspecified atom stereocenters. The number of sulfonamides is 1. The summed E-state index contributed by atoms with van der Waals surface area (Å²) < 4.78 is 25.1. The van der Waals surface area contributed by atoms with E-state index in [1.807, 2.05) is 0 Å². The topological polar surface area (TPSA) is 98.5 Å². The maximum atomic E-state index is 12.1. The van der Waals surface area contributed by atoms with Crippen LogP contribution in [0.3, 0.4) is 0 Å². The highest BCUT2D eigenvalue weighted by Crippen LogP contribution is 2.22. The molecule has 0 aliphatic heterocycles. The highest BCUT2D eigenvalue weighted by molar-refractivity contribution is 7.90. The summed E-state index contributed by atoms with van der Waals surface area (Å²) in [6, 6.07) is 1.70. The van der Waals surface area contributed by atoms with Crippen LogP contribution in [0.2, 0.25) is 0 Å². The van der Waals surface area contributed by atoms with Gasteiger partial charge in [0.05, 0.1) is 6.07 Å². The number of hydrogen-bond acceptors (Lipinski definition) is 4. The van der Waals surface area contributed by atoms with E-state index in [9.17, 15) is 13.2 Å². The minimum absolute atomic E-state index is 0.130. The van der Waals surface area contributed by atoms with Crippen molar-refractivity contribution in [2.45, 2.75) is 44.9 Å². The zero-order valence-electron chi connectivity index (χ0n) is 10.5. The van der Waals surface area contributed by atoms with E-state index in [1.165, 1.54) is 0 Å². The lowest BCUT2D eigenvalue weighted by Crippen LogP contribution is -2.51. The first-order valence-corrected chi connectivity index (χ1v) is 6.70. The average molecular weight is 262 g/mol. The van der Waals surface area contributed by atoms with Crippen molar-refractivity contribution in [1.82, 2.24) is 4.31 Å². The van der Waals surface area contributed by atoms with Gasteiger partial charge in [0.1, 0.15) is 6.54 Å². The predicted octanol–water partition coefficient (Wildman–Crippen LogP) is 0.803. The minimum atomic E-state index is -3.92. The van der Waals surface area contributed by atoms with Gasteiger partial charge >= 0.3 is 5.97 Å². The van der Waals surface area contributed by atoms with Crippen LogP contribution in [0, 0.1) is 11.3 Å². The van der Waals surface area contributed by atoms with E-state index in [2.05, 4.69) is 0 Å². The molecule has 0 spiro atoms. The third kappa shape index (κ3) is 3.98. The molecule has 0 rings (SSSR count). The number of carboxylic acid groups (broad SMARTS) is 1. The van der Waals surface area contributed by atoms with Crippen molar-refractivity contribution in [3.63, 3.8) is 0 Å². The van der Waals surface area contributed by atoms with Gasteiger partial charge in [0.2, 0.25) is 10.0 Å². The second kappa shape index (κ2) is 5.47. The lowest BCUT2D eigenvalue weighted by Gasteiger charge is -2.34. The molecule has 0 aliphatic rings. The van der Waals surface area contributed by atoms with Crippen LogP contribution < -0.4 is 0 Å². The summed E-state index contributed by atoms with van der Waals surface area (Å²) in [6.07, 6.45) is 0.130. The molecule has 0 amide bonds. The molecule has 0 aromatic heterocycles. The lowest BCUT2D eigenvalue weighted by atomic mass is 10.1. The summed E-state index contributed by atoms with van der Waals surface area (Å²) in [6.45, 7) is 5.73. The molecule has 0 saturated carbocycles. The molecule has 0 saturated heterocycles. The zero-order chi connectivity index (χ0) is 13.9. The molecule has 17 heavy (non-hydrogen) atoms. The Hall–Kier alpha value is -1.13. The number of nitriles is 1. The summed E-state index contributed by atoms with van der Waals surface area (Å²) in [5, 5.41) is 16.3. The molecule has 0 aromatic carbocycles. The molecule has 6 nitrogen and oxygen atoms in total. The SMILES string of the molecule is CCC(C#N)S(=O)(=O)N(CC(=O)O)C(C)(C)C. The Balaban J connectivity index is 5.48. The van der Waals surface area contributed by atoms with Gasteiger partial charge in [-0.2, -0.15) is 9.57 Å². The van der Waals surface area contributed by atoms with Crippen molar-refractivity contribution in [3.8, 4) is 6.07 Å². The van der Waals surface area contributed by atoms with Crippen molar-refractivity contribution >= 4 is 16.0 Å². The molecular weight excluding hydrogens is 244 g/mol. The summed E-state index contributed by atoms with van der Waals surface area (Å²) in [5.74, 6) is -1.24. The molecule has 0 heterocycles. The number of aliphatic carboxylic acids is 1. The van der Waals surface area contributed by atoms with Crippen molar-refractivity contribution in [2.75, 3.05) is 6.54 Å². The Labute approximate surface area is 102 Å². The maximum absolute atomic E-state index is 12.1. The monoisotopic (exact) mass is 262 g/mol. The Morgan fingerprint density at radius 2 is 1.94 bits per heavy atom. The second-order valence-electron chi connectivity index (χ2n) is 4.64. The maximum Gasteiger partial charge on any atom is 0.318 e. The largest absolute Gasteiger partial charge is 0.480 e. The molecule has 1 atom stereocenters. The molecule has 0 aliphatic carbocycles. The van der Waals surface area contributed by atoms with Gasteiger partial charge < -0.3 is 5.11 Å². The van der Waals surface area contributed by atoms with Crippen LogP contribution >= 0.6 is 0 Å². The Morgan fingerprint density at radius 1 is 1.47 bits per heavy atom. The van der Waals surface area contributed by atoms with Gasteiger partial charge in [-0.25, -0.2) is 8.42 Å². The fourth-order valence-corrected chi connectivity index (χ4v) is 3.27. The molecular formula is C10H18N2O4S. The number of carbonyl (C=O) groups is 1. The molecule has 0 bridgehead atoms. The van der Waals surface area contributed by atoms with E-state index in [1.54, 1.807) is 33.8 Å². The van der Waals surface area contributed by atoms with E-state index in [4.69, 9.17) is 10.4 Å². The van der Waals surface area contributed by atoms with E-state index in [0.717, 1.165) is 4.31 Å². The Bertz CT molecular complexity index is 417. The van der Waals surface area contributed by atoms with E-state index >= 15 is 0 Å². The quantitative estimate of drug-likeness (QED) is 0.790. The van der Waals surface area contributed by atoms with E-state index in [-0.39, 0.29) is 6.42 Å². The Morgan fingerprint density at radius 3 is 2.18 bits per heavy atom. The van der Waals surface area contributed by atoms with Crippen LogP contribution in [-0.4, -0.2) is 41.1 Å². The smallest absolute Gasteiger partial charge is 0.318 e. The summed E-state index contributed by atoms with van der Waals surface area (Å²) in [4.78, 5) is 10.7. The predicted molar refractivity (Wildman–Crippen MR) is 62.7 cm³/mol. The van der Waals surface area contributed by atoms with Gasteiger partial charge in [-0.1, -0.05) is 6.92 Å². The molecule has 0 fully saturated rings. The van der Waals surface area contributed by atoms with Crippen molar-refractivity contribution in [2.24, 2.45) is 0 Å². The summed E-state index contributed by atoms with van der Waals surface area (Å²) in [7, 11) is -3.92. The van der Waals surface area contributed by atoms with Gasteiger partial charge in [-0.05, 0) is 27.2 Å². The fraction of sp³-hybridized carbons (Fsp3) is 0.800.